The molecule has 1 aliphatic heterocycles. The highest BCUT2D eigenvalue weighted by atomic mass is 35.5. The van der Waals surface area contributed by atoms with Crippen molar-refractivity contribution in [2.75, 3.05) is 13.1 Å². The summed E-state index contributed by atoms with van der Waals surface area (Å²) in [6.45, 7) is 3.98. The zero-order valence-corrected chi connectivity index (χ0v) is 14.6. The van der Waals surface area contributed by atoms with Crippen LogP contribution in [0.1, 0.15) is 38.3 Å². The molecule has 0 spiro atoms. The molecule has 1 amide bonds. The van der Waals surface area contributed by atoms with Gasteiger partial charge in [0.25, 0.3) is 0 Å². The molecule has 1 aliphatic carbocycles. The third-order valence-electron chi connectivity index (χ3n) is 5.36. The van der Waals surface area contributed by atoms with Gasteiger partial charge in [0.2, 0.25) is 5.91 Å². The molecule has 2 aliphatic rings. The van der Waals surface area contributed by atoms with E-state index in [1.165, 1.54) is 0 Å². The quantitative estimate of drug-likeness (QED) is 0.834. The number of rotatable bonds is 3. The molecule has 0 unspecified atom stereocenters. The average Bonchev–Trinajstić information content (AvgIpc) is 3.26. The lowest BCUT2D eigenvalue weighted by Gasteiger charge is -2.32. The summed E-state index contributed by atoms with van der Waals surface area (Å²) in [5.41, 5.74) is 1.25. The van der Waals surface area contributed by atoms with E-state index in [2.05, 4.69) is 12.1 Å². The first-order valence-corrected chi connectivity index (χ1v) is 8.99. The van der Waals surface area contributed by atoms with E-state index in [1.807, 2.05) is 35.2 Å². The summed E-state index contributed by atoms with van der Waals surface area (Å²) < 4.78 is 5.51. The number of nitrogens with zero attached hydrogens (tertiary/aromatic N) is 2. The van der Waals surface area contributed by atoms with Gasteiger partial charge in [-0.3, -0.25) is 4.79 Å². The standard InChI is InChI=1S/C19H21ClN2O2/c1-13-6-10-22(11-7-13)18(23)19(8-9-19)17-12-16(24-21-17)14-2-4-15(20)5-3-14/h2-5,12-13H,6-11H2,1H3. The van der Waals surface area contributed by atoms with Gasteiger partial charge < -0.3 is 9.42 Å². The summed E-state index contributed by atoms with van der Waals surface area (Å²) in [6, 6.07) is 9.37. The van der Waals surface area contributed by atoms with Crippen LogP contribution < -0.4 is 0 Å². The Bertz CT molecular complexity index is 741. The fraction of sp³-hybridized carbons (Fsp3) is 0.474. The Labute approximate surface area is 146 Å². The molecule has 4 rings (SSSR count). The predicted octanol–water partition coefficient (Wildman–Crippen LogP) is 4.29. The van der Waals surface area contributed by atoms with Crippen molar-refractivity contribution >= 4 is 17.5 Å². The molecule has 24 heavy (non-hydrogen) atoms. The van der Waals surface area contributed by atoms with Crippen LogP contribution in [-0.4, -0.2) is 29.1 Å². The molecule has 0 radical (unpaired) electrons. The zero-order chi connectivity index (χ0) is 16.7. The number of amides is 1. The van der Waals surface area contributed by atoms with Crippen LogP contribution in [0.4, 0.5) is 0 Å². The molecule has 5 heteroatoms. The predicted molar refractivity (Wildman–Crippen MR) is 92.8 cm³/mol. The van der Waals surface area contributed by atoms with Crippen LogP contribution in [0.3, 0.4) is 0 Å². The van der Waals surface area contributed by atoms with Gasteiger partial charge in [-0.1, -0.05) is 23.7 Å². The van der Waals surface area contributed by atoms with Crippen LogP contribution in [-0.2, 0) is 10.2 Å². The van der Waals surface area contributed by atoms with Gasteiger partial charge in [0, 0.05) is 29.7 Å². The molecule has 4 nitrogen and oxygen atoms in total. The van der Waals surface area contributed by atoms with E-state index in [0.29, 0.717) is 16.7 Å². The first-order valence-electron chi connectivity index (χ1n) is 8.61. The molecule has 1 saturated carbocycles. The van der Waals surface area contributed by atoms with E-state index in [-0.39, 0.29) is 5.91 Å². The highest BCUT2D eigenvalue weighted by Gasteiger charge is 2.55. The van der Waals surface area contributed by atoms with Gasteiger partial charge in [-0.15, -0.1) is 0 Å². The van der Waals surface area contributed by atoms with Crippen LogP contribution in [0.15, 0.2) is 34.9 Å². The van der Waals surface area contributed by atoms with Gasteiger partial charge in [-0.25, -0.2) is 0 Å². The molecule has 1 saturated heterocycles. The Hall–Kier alpha value is -1.81. The molecule has 2 heterocycles. The first kappa shape index (κ1) is 15.7. The molecule has 0 N–H and O–H groups in total. The van der Waals surface area contributed by atoms with E-state index in [4.69, 9.17) is 16.1 Å². The lowest BCUT2D eigenvalue weighted by atomic mass is 9.95. The van der Waals surface area contributed by atoms with Gasteiger partial charge in [-0.2, -0.15) is 0 Å². The van der Waals surface area contributed by atoms with Crippen LogP contribution in [0.25, 0.3) is 11.3 Å². The molecule has 0 bridgehead atoms. The largest absolute Gasteiger partial charge is 0.356 e. The summed E-state index contributed by atoms with van der Waals surface area (Å²) in [5.74, 6) is 1.63. The minimum absolute atomic E-state index is 0.227. The van der Waals surface area contributed by atoms with Crippen LogP contribution in [0, 0.1) is 5.92 Å². The number of hydrogen-bond acceptors (Lipinski definition) is 3. The van der Waals surface area contributed by atoms with Crippen molar-refractivity contribution in [1.29, 1.82) is 0 Å². The molecule has 0 atom stereocenters. The van der Waals surface area contributed by atoms with Crippen molar-refractivity contribution in [3.05, 3.63) is 41.0 Å². The Morgan fingerprint density at radius 1 is 1.25 bits per heavy atom. The highest BCUT2D eigenvalue weighted by Crippen LogP contribution is 2.50. The molecule has 1 aromatic heterocycles. The van der Waals surface area contributed by atoms with Crippen molar-refractivity contribution in [2.45, 2.75) is 38.0 Å². The fourth-order valence-corrected chi connectivity index (χ4v) is 3.60. The second-order valence-electron chi connectivity index (χ2n) is 7.14. The topological polar surface area (TPSA) is 46.3 Å². The highest BCUT2D eigenvalue weighted by molar-refractivity contribution is 6.30. The monoisotopic (exact) mass is 344 g/mol. The molecule has 1 aromatic carbocycles. The number of aromatic nitrogens is 1. The summed E-state index contributed by atoms with van der Waals surface area (Å²) in [6.07, 6.45) is 3.92. The van der Waals surface area contributed by atoms with E-state index < -0.39 is 5.41 Å². The minimum atomic E-state index is -0.450. The number of benzene rings is 1. The van der Waals surface area contributed by atoms with Gasteiger partial charge in [0.1, 0.15) is 0 Å². The summed E-state index contributed by atoms with van der Waals surface area (Å²) in [7, 11) is 0. The van der Waals surface area contributed by atoms with Gasteiger partial charge in [-0.05, 0) is 55.9 Å². The average molecular weight is 345 g/mol. The van der Waals surface area contributed by atoms with Crippen molar-refractivity contribution in [3.63, 3.8) is 0 Å². The maximum Gasteiger partial charge on any atom is 0.234 e. The smallest absolute Gasteiger partial charge is 0.234 e. The molecular formula is C19H21ClN2O2. The number of carbonyl (C=O) groups excluding carboxylic acids is 1. The third kappa shape index (κ3) is 2.73. The molecule has 126 valence electrons. The maximum absolute atomic E-state index is 13.0. The maximum atomic E-state index is 13.0. The Balaban J connectivity index is 1.55. The van der Waals surface area contributed by atoms with Crippen molar-refractivity contribution in [2.24, 2.45) is 5.92 Å². The van der Waals surface area contributed by atoms with E-state index in [0.717, 1.165) is 50.0 Å². The normalized spacial score (nSPS) is 20.2. The molecule has 2 fully saturated rings. The van der Waals surface area contributed by atoms with E-state index in [1.54, 1.807) is 0 Å². The molecular weight excluding hydrogens is 324 g/mol. The van der Waals surface area contributed by atoms with Gasteiger partial charge >= 0.3 is 0 Å². The minimum Gasteiger partial charge on any atom is -0.356 e. The number of halogens is 1. The number of hydrogen-bond donors (Lipinski definition) is 0. The van der Waals surface area contributed by atoms with Gasteiger partial charge in [0.05, 0.1) is 11.1 Å². The number of likely N-dealkylation sites (tertiary alicyclic amines) is 1. The van der Waals surface area contributed by atoms with Crippen molar-refractivity contribution < 1.29 is 9.32 Å². The fourth-order valence-electron chi connectivity index (χ4n) is 3.47. The lowest BCUT2D eigenvalue weighted by Crippen LogP contribution is -2.43. The number of piperidine rings is 1. The van der Waals surface area contributed by atoms with Crippen molar-refractivity contribution in [3.8, 4) is 11.3 Å². The van der Waals surface area contributed by atoms with Crippen molar-refractivity contribution in [1.82, 2.24) is 10.1 Å². The summed E-state index contributed by atoms with van der Waals surface area (Å²) in [5, 5.41) is 4.91. The second kappa shape index (κ2) is 5.92. The van der Waals surface area contributed by atoms with E-state index >= 15 is 0 Å². The first-order chi connectivity index (χ1) is 11.6. The Morgan fingerprint density at radius 2 is 1.92 bits per heavy atom. The van der Waals surface area contributed by atoms with Crippen LogP contribution >= 0.6 is 11.6 Å². The van der Waals surface area contributed by atoms with E-state index in [9.17, 15) is 4.79 Å². The SMILES string of the molecule is CC1CCN(C(=O)C2(c3cc(-c4ccc(Cl)cc4)on3)CC2)CC1. The Morgan fingerprint density at radius 3 is 2.54 bits per heavy atom. The Kier molecular flexibility index (Phi) is 3.87. The second-order valence-corrected chi connectivity index (χ2v) is 7.58. The third-order valence-corrected chi connectivity index (χ3v) is 5.61. The zero-order valence-electron chi connectivity index (χ0n) is 13.8. The lowest BCUT2D eigenvalue weighted by molar-refractivity contribution is -0.135. The number of carbonyl (C=O) groups is 1. The molecule has 2 aromatic rings. The van der Waals surface area contributed by atoms with Crippen LogP contribution in [0.5, 0.6) is 0 Å². The van der Waals surface area contributed by atoms with Gasteiger partial charge in [0.15, 0.2) is 5.76 Å². The van der Waals surface area contributed by atoms with Crippen LogP contribution in [0.2, 0.25) is 5.02 Å². The summed E-state index contributed by atoms with van der Waals surface area (Å²) >= 11 is 5.93. The summed E-state index contributed by atoms with van der Waals surface area (Å²) in [4.78, 5) is 15.0.